The second-order valence-corrected chi connectivity index (χ2v) is 6.76. The minimum absolute atomic E-state index is 1.21. The molecule has 0 amide bonds. The van der Waals surface area contributed by atoms with Gasteiger partial charge in [0.25, 0.3) is 0 Å². The largest absolute Gasteiger partial charge is 0.125 e. The van der Waals surface area contributed by atoms with Crippen molar-refractivity contribution in [2.75, 3.05) is 5.75 Å². The maximum atomic E-state index is 2.38. The first-order valence-electron chi connectivity index (χ1n) is 7.68. The Morgan fingerprint density at radius 1 is 0.810 bits per heavy atom. The average molecular weight is 290 g/mol. The van der Waals surface area contributed by atoms with Gasteiger partial charge in [-0.25, -0.2) is 0 Å². The molecule has 0 atom stereocenters. The summed E-state index contributed by atoms with van der Waals surface area (Å²) in [5.74, 6) is 1.21. The maximum absolute atomic E-state index is 2.38. The molecule has 0 bridgehead atoms. The van der Waals surface area contributed by atoms with Crippen LogP contribution in [0.5, 0.6) is 0 Å². The number of benzene rings is 4. The molecular formula is C20H18S. The van der Waals surface area contributed by atoms with E-state index in [1.165, 1.54) is 55.8 Å². The third-order valence-corrected chi connectivity index (χ3v) is 5.37. The zero-order chi connectivity index (χ0) is 14.2. The summed E-state index contributed by atoms with van der Waals surface area (Å²) < 4.78 is 0. The van der Waals surface area contributed by atoms with Crippen LogP contribution in [0.3, 0.4) is 0 Å². The van der Waals surface area contributed by atoms with Crippen molar-refractivity contribution in [3.05, 3.63) is 54.6 Å². The maximum Gasteiger partial charge on any atom is 0.0157 e. The molecule has 0 fully saturated rings. The second kappa shape index (κ2) is 5.23. The lowest BCUT2D eigenvalue weighted by Gasteiger charge is -2.14. The van der Waals surface area contributed by atoms with Crippen molar-refractivity contribution in [1.82, 2.24) is 0 Å². The molecule has 4 aromatic carbocycles. The van der Waals surface area contributed by atoms with Crippen molar-refractivity contribution in [3.8, 4) is 0 Å². The summed E-state index contributed by atoms with van der Waals surface area (Å²) >= 11 is 2.00. The molecule has 21 heavy (non-hydrogen) atoms. The zero-order valence-corrected chi connectivity index (χ0v) is 13.0. The van der Waals surface area contributed by atoms with Crippen molar-refractivity contribution < 1.29 is 0 Å². The molecule has 0 aliphatic rings. The molecule has 0 aliphatic heterocycles. The number of thioether (sulfide) groups is 1. The molecular weight excluding hydrogens is 272 g/mol. The quantitative estimate of drug-likeness (QED) is 0.235. The fraction of sp³-hybridized carbons (Fsp3) is 0.200. The van der Waals surface area contributed by atoms with Crippen LogP contribution in [-0.4, -0.2) is 5.75 Å². The summed E-state index contributed by atoms with van der Waals surface area (Å²) in [6.45, 7) is 2.26. The minimum atomic E-state index is 1.21. The topological polar surface area (TPSA) is 0 Å². The van der Waals surface area contributed by atoms with Gasteiger partial charge < -0.3 is 0 Å². The summed E-state index contributed by atoms with van der Waals surface area (Å²) in [4.78, 5) is 1.43. The molecule has 4 aromatic rings. The van der Waals surface area contributed by atoms with Crippen LogP contribution in [0.4, 0.5) is 0 Å². The molecule has 0 spiro atoms. The first kappa shape index (κ1) is 13.0. The van der Waals surface area contributed by atoms with E-state index in [1.807, 2.05) is 11.8 Å². The van der Waals surface area contributed by atoms with Gasteiger partial charge in [-0.05, 0) is 50.6 Å². The van der Waals surface area contributed by atoms with Crippen LogP contribution in [0.15, 0.2) is 59.5 Å². The fourth-order valence-corrected chi connectivity index (χ4v) is 4.36. The van der Waals surface area contributed by atoms with Crippen LogP contribution in [0.25, 0.3) is 32.3 Å². The van der Waals surface area contributed by atoms with Crippen molar-refractivity contribution in [2.45, 2.75) is 24.7 Å². The second-order valence-electron chi connectivity index (χ2n) is 5.63. The van der Waals surface area contributed by atoms with E-state index in [-0.39, 0.29) is 0 Å². The van der Waals surface area contributed by atoms with Gasteiger partial charge >= 0.3 is 0 Å². The van der Waals surface area contributed by atoms with Crippen molar-refractivity contribution in [3.63, 3.8) is 0 Å². The van der Waals surface area contributed by atoms with Gasteiger partial charge in [0.05, 0.1) is 0 Å². The molecule has 4 rings (SSSR count). The number of hydrogen-bond donors (Lipinski definition) is 0. The Balaban J connectivity index is 2.05. The highest BCUT2D eigenvalue weighted by atomic mass is 32.2. The van der Waals surface area contributed by atoms with E-state index in [0.717, 1.165) is 0 Å². The highest BCUT2D eigenvalue weighted by Crippen LogP contribution is 2.39. The molecule has 0 N–H and O–H groups in total. The van der Waals surface area contributed by atoms with Crippen LogP contribution in [0, 0.1) is 0 Å². The van der Waals surface area contributed by atoms with Crippen molar-refractivity contribution >= 4 is 44.1 Å². The van der Waals surface area contributed by atoms with Gasteiger partial charge in [0.1, 0.15) is 0 Å². The third-order valence-electron chi connectivity index (χ3n) is 4.23. The van der Waals surface area contributed by atoms with Gasteiger partial charge in [-0.2, -0.15) is 0 Å². The average Bonchev–Trinajstić information content (AvgIpc) is 2.53. The fourth-order valence-electron chi connectivity index (χ4n) is 3.17. The molecule has 0 unspecified atom stereocenters. The van der Waals surface area contributed by atoms with Gasteiger partial charge in [-0.1, -0.05) is 61.9 Å². The van der Waals surface area contributed by atoms with E-state index in [0.29, 0.717) is 0 Å². The molecule has 0 saturated heterocycles. The van der Waals surface area contributed by atoms with E-state index in [1.54, 1.807) is 0 Å². The van der Waals surface area contributed by atoms with Gasteiger partial charge in [-0.3, -0.25) is 0 Å². The van der Waals surface area contributed by atoms with E-state index in [4.69, 9.17) is 0 Å². The smallest absolute Gasteiger partial charge is 0.0157 e. The lowest BCUT2D eigenvalue weighted by molar-refractivity contribution is 0.896. The predicted octanol–water partition coefficient (Wildman–Crippen LogP) is 6.48. The van der Waals surface area contributed by atoms with Crippen LogP contribution >= 0.6 is 11.8 Å². The van der Waals surface area contributed by atoms with Crippen molar-refractivity contribution in [2.24, 2.45) is 0 Å². The van der Waals surface area contributed by atoms with Crippen LogP contribution < -0.4 is 0 Å². The molecule has 104 valence electrons. The Bertz CT molecular complexity index is 907. The monoisotopic (exact) mass is 290 g/mol. The zero-order valence-electron chi connectivity index (χ0n) is 12.2. The summed E-state index contributed by atoms with van der Waals surface area (Å²) in [5, 5.41) is 8.35. The van der Waals surface area contributed by atoms with Crippen LogP contribution in [-0.2, 0) is 0 Å². The molecule has 0 radical (unpaired) electrons. The summed E-state index contributed by atoms with van der Waals surface area (Å²) in [5.41, 5.74) is 0. The Hall–Kier alpha value is -1.73. The SMILES string of the molecule is CCCCSc1cc2cccc3ccc4cccc1c4c32. The van der Waals surface area contributed by atoms with Gasteiger partial charge in [-0.15, -0.1) is 11.8 Å². The Kier molecular flexibility index (Phi) is 3.23. The standard InChI is InChI=1S/C20H18S/c1-2-3-12-21-18-13-16-8-4-6-14-10-11-15-7-5-9-17(18)20(15)19(14)16/h4-11,13H,2-3,12H2,1H3. The Labute approximate surface area is 129 Å². The molecule has 0 saturated carbocycles. The molecule has 0 nitrogen and oxygen atoms in total. The lowest BCUT2D eigenvalue weighted by Crippen LogP contribution is -1.87. The number of unbranched alkanes of at least 4 members (excludes halogenated alkanes) is 1. The normalized spacial score (nSPS) is 11.9. The minimum Gasteiger partial charge on any atom is -0.125 e. The van der Waals surface area contributed by atoms with Crippen LogP contribution in [0.2, 0.25) is 0 Å². The summed E-state index contributed by atoms with van der Waals surface area (Å²) in [6.07, 6.45) is 2.54. The number of rotatable bonds is 4. The number of hydrogen-bond acceptors (Lipinski definition) is 1. The molecule has 0 heterocycles. The molecule has 0 aliphatic carbocycles. The molecule has 1 heteroatoms. The molecule has 0 aromatic heterocycles. The predicted molar refractivity (Wildman–Crippen MR) is 95.8 cm³/mol. The highest BCUT2D eigenvalue weighted by Gasteiger charge is 2.11. The van der Waals surface area contributed by atoms with Gasteiger partial charge in [0.15, 0.2) is 0 Å². The first-order chi connectivity index (χ1) is 10.4. The Morgan fingerprint density at radius 3 is 2.33 bits per heavy atom. The van der Waals surface area contributed by atoms with E-state index < -0.39 is 0 Å². The van der Waals surface area contributed by atoms with Crippen LogP contribution in [0.1, 0.15) is 19.8 Å². The van der Waals surface area contributed by atoms with E-state index in [9.17, 15) is 0 Å². The third kappa shape index (κ3) is 2.08. The van der Waals surface area contributed by atoms with Gasteiger partial charge in [0, 0.05) is 4.90 Å². The van der Waals surface area contributed by atoms with E-state index >= 15 is 0 Å². The highest BCUT2D eigenvalue weighted by molar-refractivity contribution is 7.99. The van der Waals surface area contributed by atoms with E-state index in [2.05, 4.69) is 61.5 Å². The summed E-state index contributed by atoms with van der Waals surface area (Å²) in [7, 11) is 0. The van der Waals surface area contributed by atoms with Gasteiger partial charge in [0.2, 0.25) is 0 Å². The first-order valence-corrected chi connectivity index (χ1v) is 8.66. The summed E-state index contributed by atoms with van der Waals surface area (Å²) in [6, 6.07) is 20.2. The van der Waals surface area contributed by atoms with Crippen molar-refractivity contribution in [1.29, 1.82) is 0 Å². The lowest BCUT2D eigenvalue weighted by atomic mass is 9.94. The Morgan fingerprint density at radius 2 is 1.52 bits per heavy atom.